The quantitative estimate of drug-likeness (QED) is 0.863. The van der Waals surface area contributed by atoms with Gasteiger partial charge in [-0.2, -0.15) is 4.31 Å². The molecule has 0 radical (unpaired) electrons. The van der Waals surface area contributed by atoms with Gasteiger partial charge in [0.05, 0.1) is 5.75 Å². The zero-order valence-electron chi connectivity index (χ0n) is 12.9. The normalized spacial score (nSPS) is 23.6. The minimum atomic E-state index is -3.15. The smallest absolute Gasteiger partial charge is 0.222 e. The summed E-state index contributed by atoms with van der Waals surface area (Å²) in [5, 5.41) is 3.29. The van der Waals surface area contributed by atoms with Gasteiger partial charge in [-0.15, -0.1) is 0 Å². The Bertz CT molecular complexity index is 547. The molecule has 0 aliphatic carbocycles. The molecule has 1 N–H and O–H groups in total. The number of aromatic nitrogens is 2. The highest BCUT2D eigenvalue weighted by molar-refractivity contribution is 7.89. The minimum Gasteiger partial charge on any atom is -0.350 e. The Labute approximate surface area is 127 Å². The Morgan fingerprint density at radius 1 is 1.33 bits per heavy atom. The first-order chi connectivity index (χ1) is 9.94. The van der Waals surface area contributed by atoms with E-state index in [9.17, 15) is 8.42 Å². The highest BCUT2D eigenvalue weighted by atomic mass is 32.2. The molecule has 0 unspecified atom stereocenters. The zero-order valence-corrected chi connectivity index (χ0v) is 13.7. The van der Waals surface area contributed by atoms with E-state index in [2.05, 4.69) is 29.1 Å². The number of hydrogen-bond donors (Lipinski definition) is 1. The van der Waals surface area contributed by atoms with E-state index in [1.165, 1.54) is 0 Å². The van der Waals surface area contributed by atoms with Crippen molar-refractivity contribution in [2.45, 2.75) is 33.2 Å². The van der Waals surface area contributed by atoms with Crippen LogP contribution >= 0.6 is 0 Å². The maximum absolute atomic E-state index is 12.3. The second-order valence-corrected chi connectivity index (χ2v) is 7.95. The molecular formula is C14H24N4O2S. The maximum Gasteiger partial charge on any atom is 0.222 e. The standard InChI is InChI=1S/C14H24N4O2S/c1-4-8-21(19,20)18-9-12(11(2)3)13(10-18)17-14-15-6-5-7-16-14/h5-7,11-13H,4,8-10H2,1-3H3,(H,15,16,17)/t12-,13+/m1/s1. The second kappa shape index (κ2) is 6.70. The lowest BCUT2D eigenvalue weighted by Crippen LogP contribution is -2.34. The van der Waals surface area contributed by atoms with Crippen LogP contribution in [0.2, 0.25) is 0 Å². The van der Waals surface area contributed by atoms with Crippen molar-refractivity contribution in [3.05, 3.63) is 18.5 Å². The molecule has 2 heterocycles. The van der Waals surface area contributed by atoms with E-state index in [4.69, 9.17) is 0 Å². The summed E-state index contributed by atoms with van der Waals surface area (Å²) in [5.41, 5.74) is 0. The number of rotatable bonds is 6. The van der Waals surface area contributed by atoms with Crippen LogP contribution in [-0.4, -0.2) is 47.6 Å². The van der Waals surface area contributed by atoms with Gasteiger partial charge < -0.3 is 5.32 Å². The molecule has 6 nitrogen and oxygen atoms in total. The molecule has 1 saturated heterocycles. The molecule has 0 bridgehead atoms. The van der Waals surface area contributed by atoms with Gasteiger partial charge >= 0.3 is 0 Å². The predicted molar refractivity (Wildman–Crippen MR) is 83.4 cm³/mol. The van der Waals surface area contributed by atoms with E-state index in [-0.39, 0.29) is 17.7 Å². The molecule has 1 fully saturated rings. The van der Waals surface area contributed by atoms with Crippen LogP contribution in [0.25, 0.3) is 0 Å². The van der Waals surface area contributed by atoms with Crippen molar-refractivity contribution in [3.8, 4) is 0 Å². The van der Waals surface area contributed by atoms with Crippen molar-refractivity contribution in [2.24, 2.45) is 11.8 Å². The molecule has 0 spiro atoms. The number of nitrogens with one attached hydrogen (secondary N) is 1. The molecule has 1 aliphatic heterocycles. The molecular weight excluding hydrogens is 288 g/mol. The first kappa shape index (κ1) is 16.2. The molecule has 2 rings (SSSR count). The van der Waals surface area contributed by atoms with Crippen molar-refractivity contribution in [1.82, 2.24) is 14.3 Å². The van der Waals surface area contributed by atoms with Crippen molar-refractivity contribution >= 4 is 16.0 Å². The molecule has 21 heavy (non-hydrogen) atoms. The van der Waals surface area contributed by atoms with Crippen LogP contribution in [0.4, 0.5) is 5.95 Å². The second-order valence-electron chi connectivity index (χ2n) is 5.86. The summed E-state index contributed by atoms with van der Waals surface area (Å²) < 4.78 is 26.1. The van der Waals surface area contributed by atoms with E-state index in [0.29, 0.717) is 31.4 Å². The van der Waals surface area contributed by atoms with Crippen LogP contribution in [0.15, 0.2) is 18.5 Å². The summed E-state index contributed by atoms with van der Waals surface area (Å²) in [6, 6.07) is 1.82. The van der Waals surface area contributed by atoms with Gasteiger partial charge in [0.1, 0.15) is 0 Å². The number of nitrogens with zero attached hydrogens (tertiary/aromatic N) is 3. The van der Waals surface area contributed by atoms with Gasteiger partial charge in [-0.25, -0.2) is 18.4 Å². The van der Waals surface area contributed by atoms with Gasteiger partial charge in [0, 0.05) is 31.5 Å². The molecule has 118 valence electrons. The van der Waals surface area contributed by atoms with Gasteiger partial charge in [-0.05, 0) is 24.3 Å². The van der Waals surface area contributed by atoms with Gasteiger partial charge in [-0.1, -0.05) is 20.8 Å². The Morgan fingerprint density at radius 3 is 2.57 bits per heavy atom. The van der Waals surface area contributed by atoms with Gasteiger partial charge in [0.15, 0.2) is 0 Å². The van der Waals surface area contributed by atoms with Crippen molar-refractivity contribution < 1.29 is 8.42 Å². The first-order valence-electron chi connectivity index (χ1n) is 7.45. The Kier molecular flexibility index (Phi) is 5.16. The summed E-state index contributed by atoms with van der Waals surface area (Å²) in [4.78, 5) is 8.34. The fourth-order valence-corrected chi connectivity index (χ4v) is 4.33. The van der Waals surface area contributed by atoms with Crippen LogP contribution in [-0.2, 0) is 10.0 Å². The molecule has 0 saturated carbocycles. The monoisotopic (exact) mass is 312 g/mol. The molecule has 7 heteroatoms. The van der Waals surface area contributed by atoms with Crippen molar-refractivity contribution in [2.75, 3.05) is 24.2 Å². The highest BCUT2D eigenvalue weighted by Gasteiger charge is 2.39. The number of sulfonamides is 1. The molecule has 0 aromatic carbocycles. The summed E-state index contributed by atoms with van der Waals surface area (Å²) in [7, 11) is -3.15. The third-order valence-corrected chi connectivity index (χ3v) is 5.93. The number of anilines is 1. The van der Waals surface area contributed by atoms with Gasteiger partial charge in [0.2, 0.25) is 16.0 Å². The van der Waals surface area contributed by atoms with E-state index < -0.39 is 10.0 Å². The van der Waals surface area contributed by atoms with Crippen LogP contribution < -0.4 is 5.32 Å². The molecule has 1 aromatic rings. The van der Waals surface area contributed by atoms with E-state index >= 15 is 0 Å². The Hall–Kier alpha value is -1.21. The number of hydrogen-bond acceptors (Lipinski definition) is 5. The summed E-state index contributed by atoms with van der Waals surface area (Å²) in [5.74, 6) is 1.43. The summed E-state index contributed by atoms with van der Waals surface area (Å²) in [6.07, 6.45) is 4.01. The van der Waals surface area contributed by atoms with E-state index in [0.717, 1.165) is 0 Å². The van der Waals surface area contributed by atoms with Gasteiger partial charge in [-0.3, -0.25) is 0 Å². The molecule has 1 aliphatic rings. The van der Waals surface area contributed by atoms with E-state index in [1.807, 2.05) is 6.92 Å². The van der Waals surface area contributed by atoms with Crippen LogP contribution in [0.3, 0.4) is 0 Å². The Morgan fingerprint density at radius 2 is 2.00 bits per heavy atom. The zero-order chi connectivity index (χ0) is 15.5. The van der Waals surface area contributed by atoms with Gasteiger partial charge in [0.25, 0.3) is 0 Å². The lowest BCUT2D eigenvalue weighted by molar-refractivity contribution is 0.375. The maximum atomic E-state index is 12.3. The SMILES string of the molecule is CCCS(=O)(=O)N1C[C@H](Nc2ncccn2)[C@@H](C(C)C)C1. The average molecular weight is 312 g/mol. The third kappa shape index (κ3) is 3.91. The third-order valence-electron chi connectivity index (χ3n) is 3.92. The minimum absolute atomic E-state index is 0.0547. The lowest BCUT2D eigenvalue weighted by Gasteiger charge is -2.22. The predicted octanol–water partition coefficient (Wildman–Crippen LogP) is 1.58. The van der Waals surface area contributed by atoms with Crippen molar-refractivity contribution in [3.63, 3.8) is 0 Å². The molecule has 1 aromatic heterocycles. The van der Waals surface area contributed by atoms with Crippen molar-refractivity contribution in [1.29, 1.82) is 0 Å². The topological polar surface area (TPSA) is 75.2 Å². The lowest BCUT2D eigenvalue weighted by atomic mass is 9.91. The largest absolute Gasteiger partial charge is 0.350 e. The average Bonchev–Trinajstić information content (AvgIpc) is 2.85. The summed E-state index contributed by atoms with van der Waals surface area (Å²) in [6.45, 7) is 7.21. The molecule has 0 amide bonds. The van der Waals surface area contributed by atoms with Crippen LogP contribution in [0.1, 0.15) is 27.2 Å². The fourth-order valence-electron chi connectivity index (χ4n) is 2.77. The van der Waals surface area contributed by atoms with Crippen LogP contribution in [0, 0.1) is 11.8 Å². The summed E-state index contributed by atoms with van der Waals surface area (Å²) >= 11 is 0. The highest BCUT2D eigenvalue weighted by Crippen LogP contribution is 2.28. The molecule has 2 atom stereocenters. The Balaban J connectivity index is 2.13. The van der Waals surface area contributed by atoms with E-state index in [1.54, 1.807) is 22.8 Å². The van der Waals surface area contributed by atoms with Crippen LogP contribution in [0.5, 0.6) is 0 Å². The first-order valence-corrected chi connectivity index (χ1v) is 9.06. The fraction of sp³-hybridized carbons (Fsp3) is 0.714.